The number of carbonyl (C=O) groups excluding carboxylic acids is 2. The highest BCUT2D eigenvalue weighted by molar-refractivity contribution is 6.30. The fourth-order valence-corrected chi connectivity index (χ4v) is 3.14. The molecule has 0 unspecified atom stereocenters. The van der Waals surface area contributed by atoms with Crippen molar-refractivity contribution in [3.8, 4) is 0 Å². The number of halogens is 1. The molecule has 150 valence electrons. The third-order valence-electron chi connectivity index (χ3n) is 4.64. The van der Waals surface area contributed by atoms with Crippen LogP contribution in [-0.2, 0) is 22.6 Å². The Balaban J connectivity index is 2.22. The van der Waals surface area contributed by atoms with Gasteiger partial charge in [0.2, 0.25) is 11.8 Å². The van der Waals surface area contributed by atoms with Crippen molar-refractivity contribution < 1.29 is 9.59 Å². The first-order valence-electron chi connectivity index (χ1n) is 9.70. The highest BCUT2D eigenvalue weighted by Crippen LogP contribution is 2.16. The highest BCUT2D eigenvalue weighted by atomic mass is 35.5. The van der Waals surface area contributed by atoms with Crippen LogP contribution in [0, 0.1) is 5.92 Å². The molecule has 4 nitrogen and oxygen atoms in total. The molecule has 0 fully saturated rings. The first kappa shape index (κ1) is 22.0. The zero-order valence-corrected chi connectivity index (χ0v) is 17.6. The molecular formula is C23H29ClN2O2. The number of carbonyl (C=O) groups is 2. The van der Waals surface area contributed by atoms with E-state index in [0.29, 0.717) is 30.5 Å². The molecule has 1 N–H and O–H groups in total. The van der Waals surface area contributed by atoms with E-state index < -0.39 is 6.04 Å². The minimum Gasteiger partial charge on any atom is -0.354 e. The molecule has 0 heterocycles. The Labute approximate surface area is 172 Å². The van der Waals surface area contributed by atoms with Crippen molar-refractivity contribution in [1.82, 2.24) is 10.2 Å². The summed E-state index contributed by atoms with van der Waals surface area (Å²) in [7, 11) is 0. The molecule has 2 rings (SSSR count). The van der Waals surface area contributed by atoms with E-state index in [4.69, 9.17) is 11.6 Å². The molecule has 2 aromatic rings. The van der Waals surface area contributed by atoms with Crippen LogP contribution in [0.1, 0.15) is 38.3 Å². The Morgan fingerprint density at radius 1 is 1.00 bits per heavy atom. The van der Waals surface area contributed by atoms with Crippen LogP contribution in [0.25, 0.3) is 0 Å². The van der Waals surface area contributed by atoms with Gasteiger partial charge in [0.25, 0.3) is 0 Å². The summed E-state index contributed by atoms with van der Waals surface area (Å²) in [5, 5.41) is 3.65. The Hall–Kier alpha value is -2.33. The Kier molecular flexibility index (Phi) is 8.52. The van der Waals surface area contributed by atoms with Crippen LogP contribution < -0.4 is 5.32 Å². The first-order valence-corrected chi connectivity index (χ1v) is 10.1. The molecule has 0 bridgehead atoms. The quantitative estimate of drug-likeness (QED) is 0.675. The lowest BCUT2D eigenvalue weighted by molar-refractivity contribution is -0.139. The van der Waals surface area contributed by atoms with Crippen LogP contribution in [0.15, 0.2) is 54.6 Å². The molecule has 28 heavy (non-hydrogen) atoms. The van der Waals surface area contributed by atoms with E-state index in [1.165, 1.54) is 6.92 Å². The first-order chi connectivity index (χ1) is 13.4. The number of rotatable bonds is 9. The van der Waals surface area contributed by atoms with Gasteiger partial charge in [0.1, 0.15) is 6.04 Å². The van der Waals surface area contributed by atoms with E-state index in [0.717, 1.165) is 17.5 Å². The molecule has 0 aliphatic rings. The average molecular weight is 401 g/mol. The van der Waals surface area contributed by atoms with Gasteiger partial charge < -0.3 is 10.2 Å². The van der Waals surface area contributed by atoms with E-state index in [1.807, 2.05) is 42.5 Å². The van der Waals surface area contributed by atoms with E-state index in [1.54, 1.807) is 17.0 Å². The summed E-state index contributed by atoms with van der Waals surface area (Å²) in [6.07, 6.45) is 1.38. The third-order valence-corrected chi connectivity index (χ3v) is 4.89. The molecule has 0 aliphatic heterocycles. The Morgan fingerprint density at radius 2 is 1.64 bits per heavy atom. The second kappa shape index (κ2) is 10.9. The summed E-state index contributed by atoms with van der Waals surface area (Å²) in [5.41, 5.74) is 1.96. The zero-order valence-electron chi connectivity index (χ0n) is 16.8. The fourth-order valence-electron chi connectivity index (χ4n) is 3.01. The van der Waals surface area contributed by atoms with Gasteiger partial charge >= 0.3 is 0 Å². The van der Waals surface area contributed by atoms with Gasteiger partial charge in [-0.2, -0.15) is 0 Å². The molecule has 0 aliphatic carbocycles. The molecule has 0 aromatic heterocycles. The Morgan fingerprint density at radius 3 is 2.21 bits per heavy atom. The normalized spacial score (nSPS) is 11.9. The van der Waals surface area contributed by atoms with Gasteiger partial charge in [0.05, 0.1) is 0 Å². The molecule has 0 radical (unpaired) electrons. The van der Waals surface area contributed by atoms with Crippen molar-refractivity contribution in [2.75, 3.05) is 6.54 Å². The zero-order chi connectivity index (χ0) is 20.5. The van der Waals surface area contributed by atoms with E-state index in [-0.39, 0.29) is 11.8 Å². The lowest BCUT2D eigenvalue weighted by Gasteiger charge is -2.30. The number of hydrogen-bond donors (Lipinski definition) is 1. The minimum atomic E-state index is -0.567. The third kappa shape index (κ3) is 7.01. The van der Waals surface area contributed by atoms with Crippen LogP contribution in [0.3, 0.4) is 0 Å². The molecule has 2 amide bonds. The van der Waals surface area contributed by atoms with Crippen LogP contribution in [0.2, 0.25) is 5.02 Å². The van der Waals surface area contributed by atoms with Crippen molar-refractivity contribution in [2.45, 2.75) is 46.2 Å². The monoisotopic (exact) mass is 400 g/mol. The number of hydrogen-bond acceptors (Lipinski definition) is 2. The van der Waals surface area contributed by atoms with Crippen LogP contribution in [-0.4, -0.2) is 29.3 Å². The summed E-state index contributed by atoms with van der Waals surface area (Å²) < 4.78 is 0. The molecule has 0 spiro atoms. The van der Waals surface area contributed by atoms with Gasteiger partial charge in [-0.25, -0.2) is 0 Å². The van der Waals surface area contributed by atoms with Gasteiger partial charge in [-0.3, -0.25) is 9.59 Å². The van der Waals surface area contributed by atoms with Crippen molar-refractivity contribution in [3.05, 3.63) is 70.7 Å². The predicted octanol–water partition coefficient (Wildman–Crippen LogP) is 4.46. The Bertz CT molecular complexity index is 760. The second-order valence-corrected chi connectivity index (χ2v) is 7.89. The largest absolute Gasteiger partial charge is 0.354 e. The SMILES string of the molecule is CC(=O)N(Cc1ccc(Cl)cc1)[C@@H](Cc1ccccc1)C(=O)NCCC(C)C. The maximum absolute atomic E-state index is 13.0. The minimum absolute atomic E-state index is 0.117. The van der Waals surface area contributed by atoms with Crippen LogP contribution >= 0.6 is 11.6 Å². The number of nitrogens with zero attached hydrogens (tertiary/aromatic N) is 1. The standard InChI is InChI=1S/C23H29ClN2O2/c1-17(2)13-14-25-23(28)22(15-19-7-5-4-6-8-19)26(18(3)27)16-20-9-11-21(24)12-10-20/h4-12,17,22H,13-16H2,1-3H3,(H,25,28)/t22-/m0/s1. The summed E-state index contributed by atoms with van der Waals surface area (Å²) in [4.78, 5) is 27.1. The van der Waals surface area contributed by atoms with Crippen LogP contribution in [0.4, 0.5) is 0 Å². The van der Waals surface area contributed by atoms with Gasteiger partial charge in [-0.15, -0.1) is 0 Å². The number of benzene rings is 2. The molecular weight excluding hydrogens is 372 g/mol. The van der Waals surface area contributed by atoms with E-state index in [2.05, 4.69) is 19.2 Å². The summed E-state index contributed by atoms with van der Waals surface area (Å²) in [6, 6.07) is 16.6. The number of nitrogens with one attached hydrogen (secondary N) is 1. The van der Waals surface area contributed by atoms with Crippen molar-refractivity contribution in [2.24, 2.45) is 5.92 Å². The van der Waals surface area contributed by atoms with Crippen molar-refractivity contribution in [3.63, 3.8) is 0 Å². The lowest BCUT2D eigenvalue weighted by atomic mass is 10.0. The predicted molar refractivity (Wildman–Crippen MR) is 114 cm³/mol. The maximum Gasteiger partial charge on any atom is 0.243 e. The smallest absolute Gasteiger partial charge is 0.243 e. The molecule has 5 heteroatoms. The highest BCUT2D eigenvalue weighted by Gasteiger charge is 2.28. The van der Waals surface area contributed by atoms with Gasteiger partial charge in [0.15, 0.2) is 0 Å². The van der Waals surface area contributed by atoms with Gasteiger partial charge in [0, 0.05) is 31.5 Å². The fraction of sp³-hybridized carbons (Fsp3) is 0.391. The van der Waals surface area contributed by atoms with E-state index in [9.17, 15) is 9.59 Å². The topological polar surface area (TPSA) is 49.4 Å². The summed E-state index contributed by atoms with van der Waals surface area (Å²) in [6.45, 7) is 6.72. The van der Waals surface area contributed by atoms with Crippen molar-refractivity contribution in [1.29, 1.82) is 0 Å². The van der Waals surface area contributed by atoms with Crippen molar-refractivity contribution >= 4 is 23.4 Å². The molecule has 1 atom stereocenters. The maximum atomic E-state index is 13.0. The number of amides is 2. The van der Waals surface area contributed by atoms with Crippen LogP contribution in [0.5, 0.6) is 0 Å². The van der Waals surface area contributed by atoms with E-state index >= 15 is 0 Å². The van der Waals surface area contributed by atoms with Gasteiger partial charge in [-0.1, -0.05) is 67.9 Å². The molecule has 2 aromatic carbocycles. The summed E-state index contributed by atoms with van der Waals surface area (Å²) in [5.74, 6) is 0.259. The molecule has 0 saturated heterocycles. The molecule has 0 saturated carbocycles. The van der Waals surface area contributed by atoms with Gasteiger partial charge in [-0.05, 0) is 35.6 Å². The summed E-state index contributed by atoms with van der Waals surface area (Å²) >= 11 is 5.97. The average Bonchev–Trinajstić information content (AvgIpc) is 2.66. The second-order valence-electron chi connectivity index (χ2n) is 7.45. The lowest BCUT2D eigenvalue weighted by Crippen LogP contribution is -2.50.